The van der Waals surface area contributed by atoms with Gasteiger partial charge in [-0.25, -0.2) is 4.79 Å². The molecule has 0 bridgehead atoms. The Bertz CT molecular complexity index is 1660. The zero-order valence-corrected chi connectivity index (χ0v) is 28.5. The Hall–Kier alpha value is -4.64. The Morgan fingerprint density at radius 1 is 0.857 bits per heavy atom. The van der Waals surface area contributed by atoms with E-state index in [0.717, 1.165) is 39.6 Å². The van der Waals surface area contributed by atoms with Crippen LogP contribution >= 0.6 is 0 Å². The highest BCUT2D eigenvalue weighted by Gasteiger charge is 2.34. The van der Waals surface area contributed by atoms with Crippen LogP contribution in [0.15, 0.2) is 91.0 Å². The second-order valence-electron chi connectivity index (χ2n) is 13.1. The van der Waals surface area contributed by atoms with Crippen LogP contribution in [0, 0.1) is 0 Å². The molecule has 0 saturated carbocycles. The monoisotopic (exact) mass is 670 g/mol. The Labute approximate surface area is 287 Å². The van der Waals surface area contributed by atoms with Crippen molar-refractivity contribution in [3.05, 3.63) is 108 Å². The summed E-state index contributed by atoms with van der Waals surface area (Å²) in [6.45, 7) is 8.17. The number of carbonyl (C=O) groups excluding carboxylic acids is 2. The van der Waals surface area contributed by atoms with Crippen LogP contribution in [0.25, 0.3) is 10.8 Å². The lowest BCUT2D eigenvalue weighted by atomic mass is 9.87. The first-order valence-corrected chi connectivity index (χ1v) is 16.7. The molecule has 2 N–H and O–H groups in total. The zero-order chi connectivity index (χ0) is 34.6. The first kappa shape index (κ1) is 35.7. The summed E-state index contributed by atoms with van der Waals surface area (Å²) in [5.74, 6) is 0.878. The van der Waals surface area contributed by atoms with Crippen LogP contribution in [-0.2, 0) is 37.1 Å². The molecule has 1 saturated heterocycles. The average molecular weight is 671 g/mol. The Kier molecular flexibility index (Phi) is 12.5. The van der Waals surface area contributed by atoms with Crippen LogP contribution < -0.4 is 15.2 Å². The highest BCUT2D eigenvalue weighted by Crippen LogP contribution is 2.33. The summed E-state index contributed by atoms with van der Waals surface area (Å²) in [4.78, 5) is 29.4. The van der Waals surface area contributed by atoms with Crippen molar-refractivity contribution < 1.29 is 38.1 Å². The van der Waals surface area contributed by atoms with Gasteiger partial charge < -0.3 is 34.3 Å². The van der Waals surface area contributed by atoms with Crippen LogP contribution in [0.4, 0.5) is 4.79 Å². The molecule has 0 radical (unpaired) electrons. The SMILES string of the molecule is CC(C)(C)OC(=O)ON1CCC(c2ccc(OCCCOCc3ccccc3)cc2)C(OCc2ccc3cccc(OCC(N)=O)c3c2)C1. The van der Waals surface area contributed by atoms with Gasteiger partial charge in [-0.2, -0.15) is 0 Å². The molecule has 0 aromatic heterocycles. The number of hydrogen-bond donors (Lipinski definition) is 1. The number of carbonyl (C=O) groups is 2. The number of hydroxylamine groups is 2. The maximum absolute atomic E-state index is 12.5. The van der Waals surface area contributed by atoms with Gasteiger partial charge in [0.15, 0.2) is 6.61 Å². The number of rotatable bonds is 15. The van der Waals surface area contributed by atoms with E-state index in [2.05, 4.69) is 24.3 Å². The molecule has 5 rings (SSSR count). The summed E-state index contributed by atoms with van der Waals surface area (Å²) >= 11 is 0. The first-order chi connectivity index (χ1) is 23.6. The van der Waals surface area contributed by atoms with Crippen molar-refractivity contribution in [2.24, 2.45) is 5.73 Å². The van der Waals surface area contributed by atoms with Crippen molar-refractivity contribution >= 4 is 22.8 Å². The lowest BCUT2D eigenvalue weighted by molar-refractivity contribution is -0.179. The number of nitrogens with two attached hydrogens (primary N) is 1. The summed E-state index contributed by atoms with van der Waals surface area (Å²) < 4.78 is 29.4. The number of benzene rings is 4. The third-order valence-corrected chi connectivity index (χ3v) is 7.98. The molecule has 2 unspecified atom stereocenters. The largest absolute Gasteiger partial charge is 0.528 e. The molecule has 0 spiro atoms. The summed E-state index contributed by atoms with van der Waals surface area (Å²) in [6.07, 6.45) is 0.458. The number of piperidine rings is 1. The van der Waals surface area contributed by atoms with E-state index in [1.165, 1.54) is 0 Å². The van der Waals surface area contributed by atoms with Crippen LogP contribution in [-0.4, -0.2) is 61.7 Å². The molecule has 4 aromatic carbocycles. The van der Waals surface area contributed by atoms with Gasteiger partial charge in [0.1, 0.15) is 17.1 Å². The Morgan fingerprint density at radius 3 is 2.41 bits per heavy atom. The predicted molar refractivity (Wildman–Crippen MR) is 186 cm³/mol. The second kappa shape index (κ2) is 17.1. The number of nitrogens with zero attached hydrogens (tertiary/aromatic N) is 1. The molecule has 49 heavy (non-hydrogen) atoms. The summed E-state index contributed by atoms with van der Waals surface area (Å²) in [6, 6.07) is 29.9. The lowest BCUT2D eigenvalue weighted by Gasteiger charge is -2.37. The van der Waals surface area contributed by atoms with E-state index >= 15 is 0 Å². The Balaban J connectivity index is 1.21. The van der Waals surface area contributed by atoms with Gasteiger partial charge in [0, 0.05) is 24.3 Å². The smallest absolute Gasteiger partial charge is 0.494 e. The van der Waals surface area contributed by atoms with Crippen LogP contribution in [0.3, 0.4) is 0 Å². The van der Waals surface area contributed by atoms with Crippen molar-refractivity contribution in [3.63, 3.8) is 0 Å². The summed E-state index contributed by atoms with van der Waals surface area (Å²) in [5, 5.41) is 3.45. The first-order valence-electron chi connectivity index (χ1n) is 16.7. The minimum absolute atomic E-state index is 0.0499. The highest BCUT2D eigenvalue weighted by atomic mass is 16.8. The van der Waals surface area contributed by atoms with Gasteiger partial charge in [-0.15, -0.1) is 5.06 Å². The van der Waals surface area contributed by atoms with Crippen molar-refractivity contribution in [1.82, 2.24) is 5.06 Å². The molecule has 1 aliphatic rings. The maximum atomic E-state index is 12.5. The van der Waals surface area contributed by atoms with Crippen LogP contribution in [0.5, 0.6) is 11.5 Å². The van der Waals surface area contributed by atoms with Gasteiger partial charge in [0.25, 0.3) is 5.91 Å². The Morgan fingerprint density at radius 2 is 1.65 bits per heavy atom. The van der Waals surface area contributed by atoms with Gasteiger partial charge >= 0.3 is 6.16 Å². The molecule has 1 heterocycles. The molecule has 2 atom stereocenters. The van der Waals surface area contributed by atoms with Crippen molar-refractivity contribution in [2.75, 3.05) is 32.9 Å². The molecule has 10 nitrogen and oxygen atoms in total. The van der Waals surface area contributed by atoms with E-state index in [4.69, 9.17) is 34.3 Å². The normalized spacial score (nSPS) is 16.6. The fourth-order valence-corrected chi connectivity index (χ4v) is 5.68. The van der Waals surface area contributed by atoms with Gasteiger partial charge in [0.05, 0.1) is 39.1 Å². The van der Waals surface area contributed by atoms with Crippen molar-refractivity contribution in [3.8, 4) is 11.5 Å². The molecular formula is C39H46N2O8. The molecular weight excluding hydrogens is 624 g/mol. The number of primary amides is 1. The van der Waals surface area contributed by atoms with Crippen molar-refractivity contribution in [2.45, 2.75) is 64.4 Å². The molecule has 1 amide bonds. The third-order valence-electron chi connectivity index (χ3n) is 7.98. The quantitative estimate of drug-likeness (QED) is 0.106. The molecule has 1 fully saturated rings. The van der Waals surface area contributed by atoms with Crippen LogP contribution in [0.2, 0.25) is 0 Å². The summed E-state index contributed by atoms with van der Waals surface area (Å²) in [5.41, 5.74) is 7.83. The van der Waals surface area contributed by atoms with E-state index in [-0.39, 0.29) is 18.6 Å². The highest BCUT2D eigenvalue weighted by molar-refractivity contribution is 5.89. The molecule has 0 aliphatic carbocycles. The topological polar surface area (TPSA) is 119 Å². The standard InChI is InChI=1S/C39H46N2O8/c1-39(2,3)48-38(43)49-41-20-19-33(31-15-17-32(18-16-31)45-22-8-21-44-25-28-9-5-4-6-10-28)36(24-41)46-26-29-13-14-30-11-7-12-35(34(30)23-29)47-27-37(40)42/h4-7,9-18,23,33,36H,8,19-22,24-27H2,1-3H3,(H2,40,42). The molecule has 260 valence electrons. The van der Waals surface area contributed by atoms with Gasteiger partial charge in [-0.05, 0) is 73.5 Å². The zero-order valence-electron chi connectivity index (χ0n) is 28.5. The predicted octanol–water partition coefficient (Wildman–Crippen LogP) is 6.93. The fourth-order valence-electron chi connectivity index (χ4n) is 5.68. The molecule has 4 aromatic rings. The average Bonchev–Trinajstić information content (AvgIpc) is 3.08. The summed E-state index contributed by atoms with van der Waals surface area (Å²) in [7, 11) is 0. The van der Waals surface area contributed by atoms with E-state index < -0.39 is 17.7 Å². The third kappa shape index (κ3) is 11.2. The number of hydrogen-bond acceptors (Lipinski definition) is 9. The second-order valence-corrected chi connectivity index (χ2v) is 13.1. The van der Waals surface area contributed by atoms with E-state index in [1.54, 1.807) is 25.8 Å². The van der Waals surface area contributed by atoms with Gasteiger partial charge in [-0.1, -0.05) is 66.7 Å². The minimum atomic E-state index is -0.741. The number of fused-ring (bicyclic) bond motifs is 1. The number of ether oxygens (including phenoxy) is 5. The van der Waals surface area contributed by atoms with E-state index in [9.17, 15) is 9.59 Å². The lowest BCUT2D eigenvalue weighted by Crippen LogP contribution is -2.45. The van der Waals surface area contributed by atoms with E-state index in [0.29, 0.717) is 51.7 Å². The minimum Gasteiger partial charge on any atom is -0.494 e. The van der Waals surface area contributed by atoms with Crippen LogP contribution in [0.1, 0.15) is 56.2 Å². The molecule has 1 aliphatic heterocycles. The number of amides is 1. The van der Waals surface area contributed by atoms with Gasteiger partial charge in [-0.3, -0.25) is 4.79 Å². The van der Waals surface area contributed by atoms with Crippen molar-refractivity contribution in [1.29, 1.82) is 0 Å². The van der Waals surface area contributed by atoms with E-state index in [1.807, 2.05) is 66.7 Å². The van der Waals surface area contributed by atoms with Gasteiger partial charge in [0.2, 0.25) is 0 Å². The maximum Gasteiger partial charge on any atom is 0.528 e. The fraction of sp³-hybridized carbons (Fsp3) is 0.385. The molecule has 10 heteroatoms.